The van der Waals surface area contributed by atoms with Gasteiger partial charge in [-0.05, 0) is 37.6 Å². The SMILES string of the molecule is O=C(Nc1cnn(-c2cccc(C(F)(F)F)c2)c1)C1CCCN1. The summed E-state index contributed by atoms with van der Waals surface area (Å²) in [5, 5.41) is 9.79. The van der Waals surface area contributed by atoms with Crippen molar-refractivity contribution in [2.75, 3.05) is 11.9 Å². The van der Waals surface area contributed by atoms with Gasteiger partial charge in [-0.15, -0.1) is 0 Å². The van der Waals surface area contributed by atoms with Gasteiger partial charge in [0.25, 0.3) is 0 Å². The van der Waals surface area contributed by atoms with Crippen LogP contribution in [0.5, 0.6) is 0 Å². The van der Waals surface area contributed by atoms with Crippen molar-refractivity contribution in [2.45, 2.75) is 25.1 Å². The number of aromatic nitrogens is 2. The van der Waals surface area contributed by atoms with E-state index in [1.54, 1.807) is 0 Å². The van der Waals surface area contributed by atoms with Crippen LogP contribution in [0.3, 0.4) is 0 Å². The summed E-state index contributed by atoms with van der Waals surface area (Å²) in [4.78, 5) is 12.0. The Hall–Kier alpha value is -2.35. The van der Waals surface area contributed by atoms with Gasteiger partial charge < -0.3 is 10.6 Å². The van der Waals surface area contributed by atoms with Crippen molar-refractivity contribution in [3.63, 3.8) is 0 Å². The van der Waals surface area contributed by atoms with Crippen LogP contribution in [0.2, 0.25) is 0 Å². The van der Waals surface area contributed by atoms with E-state index in [0.717, 1.165) is 31.5 Å². The second kappa shape index (κ2) is 6.04. The zero-order chi connectivity index (χ0) is 16.4. The number of nitrogens with one attached hydrogen (secondary N) is 2. The van der Waals surface area contributed by atoms with Crippen LogP contribution in [0.1, 0.15) is 18.4 Å². The number of alkyl halides is 3. The van der Waals surface area contributed by atoms with Gasteiger partial charge in [0.15, 0.2) is 0 Å². The first-order chi connectivity index (χ1) is 10.9. The third-order valence-electron chi connectivity index (χ3n) is 3.66. The van der Waals surface area contributed by atoms with E-state index in [-0.39, 0.29) is 17.6 Å². The lowest BCUT2D eigenvalue weighted by atomic mass is 10.2. The lowest BCUT2D eigenvalue weighted by Crippen LogP contribution is -2.35. The molecule has 1 saturated heterocycles. The van der Waals surface area contributed by atoms with Crippen molar-refractivity contribution in [2.24, 2.45) is 0 Å². The predicted molar refractivity (Wildman–Crippen MR) is 78.2 cm³/mol. The second-order valence-electron chi connectivity index (χ2n) is 5.36. The molecule has 0 radical (unpaired) electrons. The summed E-state index contributed by atoms with van der Waals surface area (Å²) in [5.74, 6) is -0.161. The fourth-order valence-electron chi connectivity index (χ4n) is 2.49. The quantitative estimate of drug-likeness (QED) is 0.912. The lowest BCUT2D eigenvalue weighted by molar-refractivity contribution is -0.137. The minimum absolute atomic E-state index is 0.161. The van der Waals surface area contributed by atoms with Crippen molar-refractivity contribution in [1.82, 2.24) is 15.1 Å². The molecule has 1 aliphatic heterocycles. The number of anilines is 1. The van der Waals surface area contributed by atoms with Gasteiger partial charge in [0.05, 0.1) is 35.4 Å². The van der Waals surface area contributed by atoms with E-state index in [1.807, 2.05) is 0 Å². The van der Waals surface area contributed by atoms with Gasteiger partial charge in [0.1, 0.15) is 0 Å². The van der Waals surface area contributed by atoms with E-state index in [1.165, 1.54) is 29.2 Å². The third-order valence-corrected chi connectivity index (χ3v) is 3.66. The number of carbonyl (C=O) groups excluding carboxylic acids is 1. The second-order valence-corrected chi connectivity index (χ2v) is 5.36. The van der Waals surface area contributed by atoms with Gasteiger partial charge in [-0.25, -0.2) is 4.68 Å². The maximum Gasteiger partial charge on any atom is 0.416 e. The normalized spacial score (nSPS) is 18.1. The Bertz CT molecular complexity index is 705. The topological polar surface area (TPSA) is 59.0 Å². The fourth-order valence-corrected chi connectivity index (χ4v) is 2.49. The number of amides is 1. The molecule has 0 aliphatic carbocycles. The van der Waals surface area contributed by atoms with Gasteiger partial charge in [-0.3, -0.25) is 4.79 Å². The average Bonchev–Trinajstić information content (AvgIpc) is 3.18. The highest BCUT2D eigenvalue weighted by molar-refractivity contribution is 5.94. The molecule has 5 nitrogen and oxygen atoms in total. The van der Waals surface area contributed by atoms with Crippen molar-refractivity contribution in [3.05, 3.63) is 42.2 Å². The molecule has 1 amide bonds. The van der Waals surface area contributed by atoms with Gasteiger partial charge in [0, 0.05) is 0 Å². The fraction of sp³-hybridized carbons (Fsp3) is 0.333. The number of carbonyl (C=O) groups is 1. The number of hydrogen-bond acceptors (Lipinski definition) is 3. The molecular weight excluding hydrogens is 309 g/mol. The number of nitrogens with zero attached hydrogens (tertiary/aromatic N) is 2. The van der Waals surface area contributed by atoms with E-state index in [0.29, 0.717) is 5.69 Å². The largest absolute Gasteiger partial charge is 0.416 e. The van der Waals surface area contributed by atoms with Crippen LogP contribution >= 0.6 is 0 Å². The number of halogens is 3. The molecule has 0 saturated carbocycles. The maximum atomic E-state index is 12.7. The standard InChI is InChI=1S/C15H15F3N4O/c16-15(17,18)10-3-1-4-12(7-10)22-9-11(8-20-22)21-14(23)13-5-2-6-19-13/h1,3-4,7-9,13,19H,2,5-6H2,(H,21,23). The molecule has 1 aromatic carbocycles. The van der Waals surface area contributed by atoms with Gasteiger partial charge in [0.2, 0.25) is 5.91 Å². The molecule has 1 unspecified atom stereocenters. The first kappa shape index (κ1) is 15.5. The highest BCUT2D eigenvalue weighted by Crippen LogP contribution is 2.30. The van der Waals surface area contributed by atoms with Crippen LogP contribution in [-0.4, -0.2) is 28.3 Å². The summed E-state index contributed by atoms with van der Waals surface area (Å²) in [6, 6.07) is 4.62. The first-order valence-corrected chi connectivity index (χ1v) is 7.20. The van der Waals surface area contributed by atoms with Crippen LogP contribution in [0.25, 0.3) is 5.69 Å². The average molecular weight is 324 g/mol. The van der Waals surface area contributed by atoms with Crippen LogP contribution in [0, 0.1) is 0 Å². The molecule has 1 aliphatic rings. The molecule has 8 heteroatoms. The maximum absolute atomic E-state index is 12.7. The van der Waals surface area contributed by atoms with Crippen molar-refractivity contribution >= 4 is 11.6 Å². The van der Waals surface area contributed by atoms with Crippen molar-refractivity contribution in [3.8, 4) is 5.69 Å². The van der Waals surface area contributed by atoms with Gasteiger partial charge in [-0.2, -0.15) is 18.3 Å². The Balaban J connectivity index is 1.75. The minimum atomic E-state index is -4.41. The summed E-state index contributed by atoms with van der Waals surface area (Å²) < 4.78 is 39.5. The van der Waals surface area contributed by atoms with Crippen LogP contribution in [0.4, 0.5) is 18.9 Å². The zero-order valence-corrected chi connectivity index (χ0v) is 12.1. The summed E-state index contributed by atoms with van der Waals surface area (Å²) in [6.07, 6.45) is 0.207. The van der Waals surface area contributed by atoms with Crippen LogP contribution in [0.15, 0.2) is 36.7 Å². The highest BCUT2D eigenvalue weighted by atomic mass is 19.4. The molecule has 0 bridgehead atoms. The molecule has 23 heavy (non-hydrogen) atoms. The summed E-state index contributed by atoms with van der Waals surface area (Å²) in [7, 11) is 0. The summed E-state index contributed by atoms with van der Waals surface area (Å²) in [5.41, 5.74) is -0.0216. The molecule has 122 valence electrons. The molecular formula is C15H15F3N4O. The summed E-state index contributed by atoms with van der Waals surface area (Å²) in [6.45, 7) is 0.807. The Labute approximate surface area is 130 Å². The van der Waals surface area contributed by atoms with E-state index in [4.69, 9.17) is 0 Å². The Morgan fingerprint density at radius 1 is 1.39 bits per heavy atom. The lowest BCUT2D eigenvalue weighted by Gasteiger charge is -2.09. The monoisotopic (exact) mass is 324 g/mol. The molecule has 1 atom stereocenters. The zero-order valence-electron chi connectivity index (χ0n) is 12.1. The molecule has 2 heterocycles. The predicted octanol–water partition coefficient (Wildman–Crippen LogP) is 2.58. The van der Waals surface area contributed by atoms with Gasteiger partial charge in [-0.1, -0.05) is 6.07 Å². The van der Waals surface area contributed by atoms with E-state index in [9.17, 15) is 18.0 Å². The molecule has 1 aromatic heterocycles. The number of benzene rings is 1. The third kappa shape index (κ3) is 3.53. The molecule has 2 N–H and O–H groups in total. The smallest absolute Gasteiger partial charge is 0.322 e. The van der Waals surface area contributed by atoms with Crippen molar-refractivity contribution in [1.29, 1.82) is 0 Å². The highest BCUT2D eigenvalue weighted by Gasteiger charge is 2.30. The van der Waals surface area contributed by atoms with E-state index in [2.05, 4.69) is 15.7 Å². The van der Waals surface area contributed by atoms with Crippen molar-refractivity contribution < 1.29 is 18.0 Å². The van der Waals surface area contributed by atoms with Crippen LogP contribution < -0.4 is 10.6 Å². The summed E-state index contributed by atoms with van der Waals surface area (Å²) >= 11 is 0. The minimum Gasteiger partial charge on any atom is -0.322 e. The molecule has 0 spiro atoms. The van der Waals surface area contributed by atoms with Crippen LogP contribution in [-0.2, 0) is 11.0 Å². The number of rotatable bonds is 3. The van der Waals surface area contributed by atoms with E-state index >= 15 is 0 Å². The van der Waals surface area contributed by atoms with E-state index < -0.39 is 11.7 Å². The Morgan fingerprint density at radius 3 is 2.91 bits per heavy atom. The van der Waals surface area contributed by atoms with Gasteiger partial charge >= 0.3 is 6.18 Å². The first-order valence-electron chi connectivity index (χ1n) is 7.20. The number of hydrogen-bond donors (Lipinski definition) is 2. The molecule has 1 fully saturated rings. The Morgan fingerprint density at radius 2 is 2.22 bits per heavy atom. The molecule has 3 rings (SSSR count). The Kier molecular flexibility index (Phi) is 4.08. The molecule has 2 aromatic rings.